The summed E-state index contributed by atoms with van der Waals surface area (Å²) >= 11 is 0. The number of carbonyl (C=O) groups excluding carboxylic acids is 1. The van der Waals surface area contributed by atoms with Crippen LogP contribution in [0.15, 0.2) is 18.5 Å². The second kappa shape index (κ2) is 6.26. The Kier molecular flexibility index (Phi) is 4.98. The Hall–Kier alpha value is -1.54. The molecular formula is C10H16N4O3. The summed E-state index contributed by atoms with van der Waals surface area (Å²) in [6.45, 7) is 0.259. The number of aliphatic hydroxyl groups is 2. The predicted molar refractivity (Wildman–Crippen MR) is 60.5 cm³/mol. The fourth-order valence-electron chi connectivity index (χ4n) is 1.38. The van der Waals surface area contributed by atoms with Crippen LogP contribution in [0.2, 0.25) is 0 Å². The third-order valence-electron chi connectivity index (χ3n) is 2.32. The van der Waals surface area contributed by atoms with Gasteiger partial charge in [-0.2, -0.15) is 0 Å². The molecule has 1 heterocycles. The second-order valence-electron chi connectivity index (χ2n) is 3.57. The van der Waals surface area contributed by atoms with E-state index in [1.807, 2.05) is 5.43 Å². The van der Waals surface area contributed by atoms with Crippen molar-refractivity contribution in [2.45, 2.75) is 18.6 Å². The first-order chi connectivity index (χ1) is 8.10. The summed E-state index contributed by atoms with van der Waals surface area (Å²) in [4.78, 5) is 15.0. The molecule has 0 bridgehead atoms. The fourth-order valence-corrected chi connectivity index (χ4v) is 1.38. The molecule has 7 heteroatoms. The van der Waals surface area contributed by atoms with Crippen molar-refractivity contribution in [3.63, 3.8) is 0 Å². The van der Waals surface area contributed by atoms with E-state index in [4.69, 9.17) is 11.6 Å². The maximum absolute atomic E-state index is 11.2. The van der Waals surface area contributed by atoms with Crippen LogP contribution in [-0.4, -0.2) is 33.8 Å². The number of hydrogen-bond acceptors (Lipinski definition) is 6. The van der Waals surface area contributed by atoms with Crippen LogP contribution in [0, 0.1) is 0 Å². The Labute approximate surface area is 98.4 Å². The van der Waals surface area contributed by atoms with Gasteiger partial charge in [-0.05, 0) is 19.0 Å². The van der Waals surface area contributed by atoms with Gasteiger partial charge in [0.05, 0.1) is 11.7 Å². The molecule has 0 aliphatic carbocycles. The molecule has 2 unspecified atom stereocenters. The monoisotopic (exact) mass is 240 g/mol. The van der Waals surface area contributed by atoms with Crippen molar-refractivity contribution in [3.8, 4) is 0 Å². The smallest absolute Gasteiger partial charge is 0.266 e. The minimum Gasteiger partial charge on any atom is -0.390 e. The van der Waals surface area contributed by atoms with E-state index in [-0.39, 0.29) is 18.5 Å². The summed E-state index contributed by atoms with van der Waals surface area (Å²) in [6.07, 6.45) is 0.828. The first kappa shape index (κ1) is 13.5. The van der Waals surface area contributed by atoms with Gasteiger partial charge in [0.2, 0.25) is 0 Å². The summed E-state index contributed by atoms with van der Waals surface area (Å²) in [5, 5.41) is 19.4. The molecule has 2 atom stereocenters. The van der Waals surface area contributed by atoms with E-state index in [1.165, 1.54) is 18.5 Å². The molecule has 0 aliphatic heterocycles. The molecule has 1 rings (SSSR count). The standard InChI is InChI=1S/C10H16N4O3/c11-2-1-8(15)9(16)6-3-7(5-13-4-6)10(17)14-12/h3-5,8-9,15-16H,1-2,11-12H2,(H,14,17). The van der Waals surface area contributed by atoms with Gasteiger partial charge in [-0.1, -0.05) is 0 Å². The number of pyridine rings is 1. The van der Waals surface area contributed by atoms with Crippen LogP contribution in [0.1, 0.15) is 28.4 Å². The van der Waals surface area contributed by atoms with Crippen LogP contribution >= 0.6 is 0 Å². The number of hydrogen-bond donors (Lipinski definition) is 5. The van der Waals surface area contributed by atoms with Crippen molar-refractivity contribution in [1.82, 2.24) is 10.4 Å². The van der Waals surface area contributed by atoms with E-state index in [1.54, 1.807) is 0 Å². The molecule has 7 nitrogen and oxygen atoms in total. The molecule has 94 valence electrons. The molecule has 1 aromatic rings. The second-order valence-corrected chi connectivity index (χ2v) is 3.57. The Morgan fingerprint density at radius 2 is 2.18 bits per heavy atom. The number of nitrogens with zero attached hydrogens (tertiary/aromatic N) is 1. The Balaban J connectivity index is 2.87. The molecule has 1 aromatic heterocycles. The summed E-state index contributed by atoms with van der Waals surface area (Å²) in [5.74, 6) is 4.47. The Bertz CT molecular complexity index is 386. The lowest BCUT2D eigenvalue weighted by molar-refractivity contribution is 0.0148. The van der Waals surface area contributed by atoms with Crippen molar-refractivity contribution in [1.29, 1.82) is 0 Å². The Morgan fingerprint density at radius 1 is 1.47 bits per heavy atom. The molecule has 1 amide bonds. The fraction of sp³-hybridized carbons (Fsp3) is 0.400. The molecule has 0 saturated carbocycles. The highest BCUT2D eigenvalue weighted by Gasteiger charge is 2.19. The van der Waals surface area contributed by atoms with Gasteiger partial charge in [0.15, 0.2) is 0 Å². The highest BCUT2D eigenvalue weighted by molar-refractivity contribution is 5.93. The quantitative estimate of drug-likeness (QED) is 0.240. The lowest BCUT2D eigenvalue weighted by atomic mass is 10.0. The van der Waals surface area contributed by atoms with Gasteiger partial charge >= 0.3 is 0 Å². The summed E-state index contributed by atoms with van der Waals surface area (Å²) in [6, 6.07) is 1.42. The molecule has 0 fully saturated rings. The van der Waals surface area contributed by atoms with Gasteiger partial charge in [0.25, 0.3) is 5.91 Å². The number of aromatic nitrogens is 1. The zero-order valence-electron chi connectivity index (χ0n) is 9.21. The lowest BCUT2D eigenvalue weighted by Crippen LogP contribution is -2.30. The summed E-state index contributed by atoms with van der Waals surface area (Å²) in [7, 11) is 0. The molecule has 0 saturated heterocycles. The van der Waals surface area contributed by atoms with Crippen molar-refractivity contribution < 1.29 is 15.0 Å². The van der Waals surface area contributed by atoms with Crippen LogP contribution in [0.3, 0.4) is 0 Å². The van der Waals surface area contributed by atoms with Gasteiger partial charge in [-0.3, -0.25) is 15.2 Å². The third kappa shape index (κ3) is 3.46. The van der Waals surface area contributed by atoms with Gasteiger partial charge in [0, 0.05) is 18.0 Å². The Morgan fingerprint density at radius 3 is 2.76 bits per heavy atom. The number of nitrogens with two attached hydrogens (primary N) is 2. The van der Waals surface area contributed by atoms with Gasteiger partial charge < -0.3 is 15.9 Å². The number of rotatable bonds is 5. The highest BCUT2D eigenvalue weighted by Crippen LogP contribution is 2.18. The zero-order valence-corrected chi connectivity index (χ0v) is 9.21. The molecule has 0 aromatic carbocycles. The van der Waals surface area contributed by atoms with Crippen molar-refractivity contribution in [2.75, 3.05) is 6.54 Å². The maximum Gasteiger partial charge on any atom is 0.266 e. The predicted octanol–water partition coefficient (Wildman–Crippen LogP) is -1.57. The average Bonchev–Trinajstić information content (AvgIpc) is 2.37. The molecule has 0 aliphatic rings. The molecule has 0 spiro atoms. The molecule has 7 N–H and O–H groups in total. The average molecular weight is 240 g/mol. The summed E-state index contributed by atoms with van der Waals surface area (Å²) < 4.78 is 0. The minimum absolute atomic E-state index is 0.212. The largest absolute Gasteiger partial charge is 0.390 e. The molecule has 17 heavy (non-hydrogen) atoms. The number of nitrogens with one attached hydrogen (secondary N) is 1. The number of carbonyl (C=O) groups is 1. The summed E-state index contributed by atoms with van der Waals surface area (Å²) in [5.41, 5.74) is 7.79. The van der Waals surface area contributed by atoms with Gasteiger partial charge in [-0.25, -0.2) is 5.84 Å². The first-order valence-corrected chi connectivity index (χ1v) is 5.12. The number of aliphatic hydroxyl groups excluding tert-OH is 2. The lowest BCUT2D eigenvalue weighted by Gasteiger charge is -2.17. The van der Waals surface area contributed by atoms with Crippen LogP contribution in [0.5, 0.6) is 0 Å². The number of hydrazine groups is 1. The van der Waals surface area contributed by atoms with Crippen molar-refractivity contribution in [3.05, 3.63) is 29.6 Å². The topological polar surface area (TPSA) is 134 Å². The highest BCUT2D eigenvalue weighted by atomic mass is 16.3. The van der Waals surface area contributed by atoms with Gasteiger partial charge in [0.1, 0.15) is 6.10 Å². The number of nitrogen functional groups attached to an aromatic ring is 1. The van der Waals surface area contributed by atoms with E-state index in [0.29, 0.717) is 5.56 Å². The number of amides is 1. The van der Waals surface area contributed by atoms with Crippen molar-refractivity contribution in [2.24, 2.45) is 11.6 Å². The first-order valence-electron chi connectivity index (χ1n) is 5.12. The van der Waals surface area contributed by atoms with E-state index in [2.05, 4.69) is 4.98 Å². The van der Waals surface area contributed by atoms with E-state index in [9.17, 15) is 15.0 Å². The maximum atomic E-state index is 11.2. The van der Waals surface area contributed by atoms with E-state index in [0.717, 1.165) is 0 Å². The van der Waals surface area contributed by atoms with Gasteiger partial charge in [-0.15, -0.1) is 0 Å². The minimum atomic E-state index is -1.13. The van der Waals surface area contributed by atoms with Crippen LogP contribution < -0.4 is 17.0 Å². The molecule has 0 radical (unpaired) electrons. The van der Waals surface area contributed by atoms with E-state index < -0.39 is 18.1 Å². The molecular weight excluding hydrogens is 224 g/mol. The zero-order chi connectivity index (χ0) is 12.8. The van der Waals surface area contributed by atoms with Crippen LogP contribution in [0.4, 0.5) is 0 Å². The van der Waals surface area contributed by atoms with Crippen LogP contribution in [0.25, 0.3) is 0 Å². The normalized spacial score (nSPS) is 14.1. The van der Waals surface area contributed by atoms with E-state index >= 15 is 0 Å². The SMILES string of the molecule is NCCC(O)C(O)c1cncc(C(=O)NN)c1. The van der Waals surface area contributed by atoms with Crippen LogP contribution in [-0.2, 0) is 0 Å². The van der Waals surface area contributed by atoms with Crippen molar-refractivity contribution >= 4 is 5.91 Å². The third-order valence-corrected chi connectivity index (χ3v) is 2.32.